The van der Waals surface area contributed by atoms with Crippen molar-refractivity contribution in [3.8, 4) is 0 Å². The van der Waals surface area contributed by atoms with Crippen molar-refractivity contribution in [2.45, 2.75) is 75.7 Å². The highest BCUT2D eigenvalue weighted by Gasteiger charge is 2.65. The molecular formula is C24H32F2N2O. The predicted molar refractivity (Wildman–Crippen MR) is 109 cm³/mol. The van der Waals surface area contributed by atoms with E-state index in [1.54, 1.807) is 0 Å². The van der Waals surface area contributed by atoms with Crippen LogP contribution in [0.3, 0.4) is 0 Å². The Morgan fingerprint density at radius 1 is 1.14 bits per heavy atom. The summed E-state index contributed by atoms with van der Waals surface area (Å²) >= 11 is 0. The molecule has 3 nitrogen and oxygen atoms in total. The number of hydrogen-bond acceptors (Lipinski definition) is 2. The van der Waals surface area contributed by atoms with Gasteiger partial charge in [-0.2, -0.15) is 0 Å². The average molecular weight is 403 g/mol. The fraction of sp³-hybridized carbons (Fsp3) is 0.708. The topological polar surface area (TPSA) is 41.1 Å². The molecule has 6 rings (SSSR count). The molecule has 5 aliphatic rings. The van der Waals surface area contributed by atoms with Gasteiger partial charge in [-0.15, -0.1) is 0 Å². The standard InChI is InChI=1S/C24H32F2N2O/c1-2-21-10-17-11-22(13-21,18-6-4-3-5-7-18)15-23(12-17,14-21)20(29)28-19-8-9-27-16-24(19,25)26/h3-7,17,19,27H,2,8-16H2,1H3,(H,28,29)/t17?,19?,21?,22-,23?/m1/s1. The summed E-state index contributed by atoms with van der Waals surface area (Å²) in [5, 5.41) is 5.60. The van der Waals surface area contributed by atoms with Crippen LogP contribution in [0.15, 0.2) is 30.3 Å². The predicted octanol–water partition coefficient (Wildman–Crippen LogP) is 4.42. The Balaban J connectivity index is 1.48. The fourth-order valence-corrected chi connectivity index (χ4v) is 7.72. The van der Waals surface area contributed by atoms with E-state index in [-0.39, 0.29) is 23.3 Å². The Kier molecular flexibility index (Phi) is 4.37. The molecule has 1 aliphatic heterocycles. The number of alkyl halides is 2. The number of nitrogens with one attached hydrogen (secondary N) is 2. The molecule has 1 aromatic rings. The van der Waals surface area contributed by atoms with Crippen molar-refractivity contribution in [1.82, 2.24) is 10.6 Å². The molecule has 0 radical (unpaired) electrons. The molecule has 1 aromatic carbocycles. The van der Waals surface area contributed by atoms with Gasteiger partial charge in [0.1, 0.15) is 0 Å². The van der Waals surface area contributed by atoms with E-state index in [4.69, 9.17) is 0 Å². The summed E-state index contributed by atoms with van der Waals surface area (Å²) in [5.41, 5.74) is 1.03. The monoisotopic (exact) mass is 402 g/mol. The molecule has 4 aliphatic carbocycles. The van der Waals surface area contributed by atoms with Gasteiger partial charge in [0.2, 0.25) is 5.91 Å². The quantitative estimate of drug-likeness (QED) is 0.783. The Labute approximate surface area is 172 Å². The van der Waals surface area contributed by atoms with Crippen LogP contribution >= 0.6 is 0 Å². The minimum absolute atomic E-state index is 0.0185. The molecule has 4 saturated carbocycles. The molecule has 158 valence electrons. The van der Waals surface area contributed by atoms with Crippen molar-refractivity contribution >= 4 is 5.91 Å². The summed E-state index contributed by atoms with van der Waals surface area (Å²) in [7, 11) is 0. The highest BCUT2D eigenvalue weighted by molar-refractivity contribution is 5.84. The second-order valence-corrected chi connectivity index (χ2v) is 10.5. The van der Waals surface area contributed by atoms with E-state index in [1.165, 1.54) is 12.0 Å². The maximum atomic E-state index is 14.4. The average Bonchev–Trinajstić information content (AvgIpc) is 2.69. The lowest BCUT2D eigenvalue weighted by molar-refractivity contribution is -0.167. The van der Waals surface area contributed by atoms with Crippen LogP contribution in [0.25, 0.3) is 0 Å². The number of piperidine rings is 1. The van der Waals surface area contributed by atoms with E-state index in [0.717, 1.165) is 38.5 Å². The van der Waals surface area contributed by atoms with Crippen molar-refractivity contribution in [2.75, 3.05) is 13.1 Å². The van der Waals surface area contributed by atoms with Crippen molar-refractivity contribution < 1.29 is 13.6 Å². The lowest BCUT2D eigenvalue weighted by Crippen LogP contribution is -2.65. The summed E-state index contributed by atoms with van der Waals surface area (Å²) in [6.45, 7) is 2.43. The molecule has 1 saturated heterocycles. The molecule has 2 N–H and O–H groups in total. The first-order valence-electron chi connectivity index (χ1n) is 11.3. The van der Waals surface area contributed by atoms with Crippen LogP contribution in [-0.4, -0.2) is 31.0 Å². The van der Waals surface area contributed by atoms with Crippen molar-refractivity contribution in [2.24, 2.45) is 16.7 Å². The van der Waals surface area contributed by atoms with Crippen LogP contribution in [-0.2, 0) is 10.2 Å². The van der Waals surface area contributed by atoms with E-state index >= 15 is 0 Å². The SMILES string of the molecule is CCC12CC3CC(C(=O)NC4CCNCC4(F)F)(C1)C[C@@](c1ccccc1)(C3)C2. The summed E-state index contributed by atoms with van der Waals surface area (Å²) in [4.78, 5) is 13.6. The van der Waals surface area contributed by atoms with Gasteiger partial charge in [-0.05, 0) is 73.8 Å². The molecule has 5 heteroatoms. The van der Waals surface area contributed by atoms with E-state index in [9.17, 15) is 13.6 Å². The Morgan fingerprint density at radius 2 is 1.93 bits per heavy atom. The van der Waals surface area contributed by atoms with Crippen molar-refractivity contribution in [3.05, 3.63) is 35.9 Å². The number of amides is 1. The summed E-state index contributed by atoms with van der Waals surface area (Å²) in [5.74, 6) is -2.47. The first-order chi connectivity index (χ1) is 13.8. The number of benzene rings is 1. The highest BCUT2D eigenvalue weighted by atomic mass is 19.3. The molecule has 0 aromatic heterocycles. The molecule has 4 unspecified atom stereocenters. The molecule has 5 atom stereocenters. The summed E-state index contributed by atoms with van der Waals surface area (Å²) < 4.78 is 28.8. The van der Waals surface area contributed by atoms with Gasteiger partial charge in [-0.3, -0.25) is 4.79 Å². The van der Waals surface area contributed by atoms with Crippen molar-refractivity contribution in [3.63, 3.8) is 0 Å². The minimum atomic E-state index is -2.88. The van der Waals surface area contributed by atoms with Gasteiger partial charge in [0.25, 0.3) is 5.92 Å². The van der Waals surface area contributed by atoms with Gasteiger partial charge in [-0.25, -0.2) is 8.78 Å². The molecule has 4 bridgehead atoms. The number of carbonyl (C=O) groups excluding carboxylic acids is 1. The first kappa shape index (κ1) is 19.5. The van der Waals surface area contributed by atoms with Gasteiger partial charge in [-0.1, -0.05) is 43.7 Å². The summed E-state index contributed by atoms with van der Waals surface area (Å²) in [6.07, 6.45) is 7.36. The molecule has 1 amide bonds. The smallest absolute Gasteiger partial charge is 0.280 e. The maximum absolute atomic E-state index is 14.4. The normalized spacial score (nSPS) is 42.6. The van der Waals surface area contributed by atoms with Gasteiger partial charge < -0.3 is 10.6 Å². The zero-order chi connectivity index (χ0) is 20.3. The van der Waals surface area contributed by atoms with Crippen LogP contribution in [0.5, 0.6) is 0 Å². The number of halogens is 2. The maximum Gasteiger partial charge on any atom is 0.280 e. The Morgan fingerprint density at radius 3 is 2.66 bits per heavy atom. The molecular weight excluding hydrogens is 370 g/mol. The first-order valence-corrected chi connectivity index (χ1v) is 11.3. The molecule has 29 heavy (non-hydrogen) atoms. The van der Waals surface area contributed by atoms with Crippen LogP contribution in [0, 0.1) is 16.7 Å². The third kappa shape index (κ3) is 3.03. The van der Waals surface area contributed by atoms with Crippen LogP contribution in [0.1, 0.15) is 63.9 Å². The Hall–Kier alpha value is -1.49. The zero-order valence-electron chi connectivity index (χ0n) is 17.3. The van der Waals surface area contributed by atoms with Crippen molar-refractivity contribution in [1.29, 1.82) is 0 Å². The number of hydrogen-bond donors (Lipinski definition) is 2. The van der Waals surface area contributed by atoms with Crippen LogP contribution < -0.4 is 10.6 Å². The van der Waals surface area contributed by atoms with Gasteiger partial charge in [0, 0.05) is 0 Å². The molecule has 0 spiro atoms. The third-order valence-corrected chi connectivity index (χ3v) is 8.59. The largest absolute Gasteiger partial charge is 0.347 e. The second kappa shape index (κ2) is 6.50. The lowest BCUT2D eigenvalue weighted by Gasteiger charge is -2.66. The number of carbonyl (C=O) groups is 1. The minimum Gasteiger partial charge on any atom is -0.347 e. The van der Waals surface area contributed by atoms with Gasteiger partial charge in [0.05, 0.1) is 18.0 Å². The molecule has 5 fully saturated rings. The van der Waals surface area contributed by atoms with E-state index < -0.39 is 17.4 Å². The summed E-state index contributed by atoms with van der Waals surface area (Å²) in [6, 6.07) is 9.60. The molecule has 1 heterocycles. The fourth-order valence-electron chi connectivity index (χ4n) is 7.72. The van der Waals surface area contributed by atoms with Gasteiger partial charge in [0.15, 0.2) is 0 Å². The van der Waals surface area contributed by atoms with E-state index in [2.05, 4.69) is 41.8 Å². The lowest BCUT2D eigenvalue weighted by atomic mass is 9.38. The number of rotatable bonds is 4. The Bertz CT molecular complexity index is 799. The van der Waals surface area contributed by atoms with E-state index in [0.29, 0.717) is 18.9 Å². The van der Waals surface area contributed by atoms with Crippen LogP contribution in [0.2, 0.25) is 0 Å². The van der Waals surface area contributed by atoms with E-state index in [1.807, 2.05) is 6.07 Å². The zero-order valence-corrected chi connectivity index (χ0v) is 17.3. The third-order valence-electron chi connectivity index (χ3n) is 8.59. The van der Waals surface area contributed by atoms with Crippen LogP contribution in [0.4, 0.5) is 8.78 Å². The second-order valence-electron chi connectivity index (χ2n) is 10.5. The highest BCUT2D eigenvalue weighted by Crippen LogP contribution is 2.71. The van der Waals surface area contributed by atoms with Gasteiger partial charge >= 0.3 is 0 Å².